The Bertz CT molecular complexity index is 784. The molecule has 0 N–H and O–H groups in total. The third-order valence-corrected chi connectivity index (χ3v) is 3.65. The Hall–Kier alpha value is -2.86. The molecule has 21 heavy (non-hydrogen) atoms. The van der Waals surface area contributed by atoms with E-state index in [0.29, 0.717) is 12.1 Å². The second kappa shape index (κ2) is 5.26. The van der Waals surface area contributed by atoms with E-state index in [1.54, 1.807) is 17.9 Å². The largest absolute Gasteiger partial charge is 0.308 e. The number of rotatable bonds is 0. The molecular weight excluding hydrogens is 260 g/mol. The van der Waals surface area contributed by atoms with Crippen molar-refractivity contribution in [3.05, 3.63) is 64.7 Å². The lowest BCUT2D eigenvalue weighted by Gasteiger charge is -2.25. The molecule has 0 aliphatic carbocycles. The van der Waals surface area contributed by atoms with Gasteiger partial charge >= 0.3 is 0 Å². The monoisotopic (exact) mass is 274 g/mol. The molecule has 2 aromatic carbocycles. The lowest BCUT2D eigenvalue weighted by Crippen LogP contribution is -2.29. The van der Waals surface area contributed by atoms with Crippen LogP contribution in [-0.2, 0) is 11.3 Å². The maximum Gasteiger partial charge on any atom is 0.224 e. The zero-order chi connectivity index (χ0) is 14.8. The Morgan fingerprint density at radius 3 is 2.67 bits per heavy atom. The second-order valence-electron chi connectivity index (χ2n) is 5.02. The maximum atomic E-state index is 12.0. The van der Waals surface area contributed by atoms with Gasteiger partial charge in [0.1, 0.15) is 0 Å². The van der Waals surface area contributed by atoms with Crippen LogP contribution in [0.15, 0.2) is 42.5 Å². The molecule has 2 aromatic rings. The molecule has 3 nitrogen and oxygen atoms in total. The normalized spacial score (nSPS) is 12.7. The van der Waals surface area contributed by atoms with Crippen molar-refractivity contribution >= 4 is 23.7 Å². The average Bonchev–Trinajstić information content (AvgIpc) is 2.49. The van der Waals surface area contributed by atoms with E-state index in [9.17, 15) is 4.79 Å². The van der Waals surface area contributed by atoms with Crippen LogP contribution in [0, 0.1) is 11.3 Å². The van der Waals surface area contributed by atoms with Crippen LogP contribution >= 0.6 is 0 Å². The molecule has 1 aliphatic heterocycles. The van der Waals surface area contributed by atoms with Crippen LogP contribution < -0.4 is 4.90 Å². The molecule has 0 aromatic heterocycles. The third kappa shape index (κ3) is 2.44. The van der Waals surface area contributed by atoms with Crippen LogP contribution in [0.2, 0.25) is 0 Å². The summed E-state index contributed by atoms with van der Waals surface area (Å²) in [6.07, 6.45) is 4.04. The van der Waals surface area contributed by atoms with Crippen LogP contribution in [0.25, 0.3) is 12.2 Å². The van der Waals surface area contributed by atoms with Gasteiger partial charge in [-0.2, -0.15) is 5.26 Å². The molecule has 0 atom stereocenters. The first-order valence-electron chi connectivity index (χ1n) is 6.77. The topological polar surface area (TPSA) is 44.1 Å². The fourth-order valence-corrected chi connectivity index (χ4v) is 2.57. The molecule has 1 aliphatic rings. The number of amides is 1. The van der Waals surface area contributed by atoms with Gasteiger partial charge in [-0.05, 0) is 34.9 Å². The predicted octanol–water partition coefficient (Wildman–Crippen LogP) is 3.60. The van der Waals surface area contributed by atoms with Crippen molar-refractivity contribution in [2.24, 2.45) is 0 Å². The van der Waals surface area contributed by atoms with Crippen LogP contribution in [0.1, 0.15) is 29.2 Å². The van der Waals surface area contributed by atoms with Gasteiger partial charge in [0.15, 0.2) is 0 Å². The Balaban J connectivity index is 2.19. The molecule has 102 valence electrons. The van der Waals surface area contributed by atoms with Crippen LogP contribution in [-0.4, -0.2) is 5.91 Å². The molecule has 1 amide bonds. The summed E-state index contributed by atoms with van der Waals surface area (Å²) in [6, 6.07) is 15.6. The minimum Gasteiger partial charge on any atom is -0.308 e. The van der Waals surface area contributed by atoms with Gasteiger partial charge in [0.2, 0.25) is 5.91 Å². The highest BCUT2D eigenvalue weighted by Gasteiger charge is 2.18. The zero-order valence-corrected chi connectivity index (χ0v) is 11.7. The number of benzene rings is 2. The van der Waals surface area contributed by atoms with Crippen molar-refractivity contribution in [2.45, 2.75) is 13.5 Å². The lowest BCUT2D eigenvalue weighted by molar-refractivity contribution is -0.116. The van der Waals surface area contributed by atoms with Crippen molar-refractivity contribution in [3.8, 4) is 6.07 Å². The Morgan fingerprint density at radius 1 is 1.14 bits per heavy atom. The first-order chi connectivity index (χ1) is 10.2. The number of nitriles is 1. The molecule has 3 rings (SSSR count). The second-order valence-corrected chi connectivity index (χ2v) is 5.02. The van der Waals surface area contributed by atoms with Crippen molar-refractivity contribution in [2.75, 3.05) is 4.90 Å². The average molecular weight is 274 g/mol. The molecule has 3 heteroatoms. The smallest absolute Gasteiger partial charge is 0.224 e. The van der Waals surface area contributed by atoms with Gasteiger partial charge in [0, 0.05) is 6.92 Å². The number of anilines is 1. The number of carbonyl (C=O) groups excluding carboxylic acids is 1. The Labute approximate surface area is 123 Å². The van der Waals surface area contributed by atoms with Crippen molar-refractivity contribution in [1.29, 1.82) is 5.26 Å². The summed E-state index contributed by atoms with van der Waals surface area (Å²) in [5, 5.41) is 9.05. The van der Waals surface area contributed by atoms with E-state index in [0.717, 1.165) is 22.4 Å². The molecule has 0 spiro atoms. The fourth-order valence-electron chi connectivity index (χ4n) is 2.57. The molecule has 0 fully saturated rings. The molecular formula is C18H14N2O. The third-order valence-electron chi connectivity index (χ3n) is 3.65. The number of nitrogens with zero attached hydrogens (tertiary/aromatic N) is 2. The number of para-hydroxylation sites is 1. The number of hydrogen-bond acceptors (Lipinski definition) is 2. The van der Waals surface area contributed by atoms with E-state index < -0.39 is 0 Å². The highest BCUT2D eigenvalue weighted by atomic mass is 16.2. The SMILES string of the molecule is CC(=O)N1Cc2cc(C#N)ccc2C=Cc2ccccc21. The number of hydrogen-bond donors (Lipinski definition) is 0. The number of carbonyl (C=O) groups is 1. The quantitative estimate of drug-likeness (QED) is 0.736. The summed E-state index contributed by atoms with van der Waals surface area (Å²) in [5.74, 6) is -0.00828. The summed E-state index contributed by atoms with van der Waals surface area (Å²) in [4.78, 5) is 13.8. The van der Waals surface area contributed by atoms with Gasteiger partial charge in [-0.1, -0.05) is 36.4 Å². The van der Waals surface area contributed by atoms with Crippen LogP contribution in [0.4, 0.5) is 5.69 Å². The first-order valence-corrected chi connectivity index (χ1v) is 6.77. The highest BCUT2D eigenvalue weighted by Crippen LogP contribution is 2.29. The van der Waals surface area contributed by atoms with Crippen LogP contribution in [0.3, 0.4) is 0 Å². The minimum atomic E-state index is -0.00828. The standard InChI is InChI=1S/C18H14N2O/c1-13(21)20-12-17-10-14(11-19)6-7-15(17)8-9-16-4-2-3-5-18(16)20/h2-10H,12H2,1H3. The predicted molar refractivity (Wildman–Crippen MR) is 83.4 cm³/mol. The number of fused-ring (bicyclic) bond motifs is 2. The summed E-state index contributed by atoms with van der Waals surface area (Å²) in [6.45, 7) is 2.04. The van der Waals surface area contributed by atoms with E-state index in [1.807, 2.05) is 48.6 Å². The van der Waals surface area contributed by atoms with Crippen LogP contribution in [0.5, 0.6) is 0 Å². The van der Waals surface area contributed by atoms with Gasteiger partial charge in [-0.15, -0.1) is 0 Å². The molecule has 0 saturated heterocycles. The summed E-state index contributed by atoms with van der Waals surface area (Å²) >= 11 is 0. The Kier molecular flexibility index (Phi) is 3.29. The van der Waals surface area contributed by atoms with Crippen molar-refractivity contribution in [1.82, 2.24) is 0 Å². The highest BCUT2D eigenvalue weighted by molar-refractivity contribution is 5.95. The van der Waals surface area contributed by atoms with E-state index in [1.165, 1.54) is 0 Å². The maximum absolute atomic E-state index is 12.0. The molecule has 1 heterocycles. The van der Waals surface area contributed by atoms with Crippen molar-refractivity contribution in [3.63, 3.8) is 0 Å². The van der Waals surface area contributed by atoms with E-state index in [2.05, 4.69) is 6.07 Å². The summed E-state index contributed by atoms with van der Waals surface area (Å²) in [5.41, 5.74) is 4.54. The van der Waals surface area contributed by atoms with Gasteiger partial charge in [0.05, 0.1) is 23.9 Å². The van der Waals surface area contributed by atoms with E-state index in [-0.39, 0.29) is 5.91 Å². The molecule has 0 radical (unpaired) electrons. The molecule has 0 unspecified atom stereocenters. The van der Waals surface area contributed by atoms with E-state index >= 15 is 0 Å². The lowest BCUT2D eigenvalue weighted by atomic mass is 9.99. The Morgan fingerprint density at radius 2 is 1.90 bits per heavy atom. The van der Waals surface area contributed by atoms with Gasteiger partial charge in [0.25, 0.3) is 0 Å². The first kappa shape index (κ1) is 13.1. The van der Waals surface area contributed by atoms with E-state index in [4.69, 9.17) is 5.26 Å². The van der Waals surface area contributed by atoms with Gasteiger partial charge in [-0.3, -0.25) is 4.79 Å². The van der Waals surface area contributed by atoms with Gasteiger partial charge < -0.3 is 4.90 Å². The minimum absolute atomic E-state index is 0.00828. The zero-order valence-electron chi connectivity index (χ0n) is 11.7. The van der Waals surface area contributed by atoms with Crippen molar-refractivity contribution < 1.29 is 4.79 Å². The van der Waals surface area contributed by atoms with Gasteiger partial charge in [-0.25, -0.2) is 0 Å². The molecule has 0 saturated carbocycles. The summed E-state index contributed by atoms with van der Waals surface area (Å²) < 4.78 is 0. The molecule has 0 bridgehead atoms. The summed E-state index contributed by atoms with van der Waals surface area (Å²) in [7, 11) is 0. The fraction of sp³-hybridized carbons (Fsp3) is 0.111.